The number of piperidine rings is 1. The summed E-state index contributed by atoms with van der Waals surface area (Å²) in [6, 6.07) is 14.7. The highest BCUT2D eigenvalue weighted by Crippen LogP contribution is 2.33. The van der Waals surface area contributed by atoms with E-state index in [0.29, 0.717) is 11.7 Å². The molecule has 1 saturated heterocycles. The Hall–Kier alpha value is -2.66. The van der Waals surface area contributed by atoms with Crippen LogP contribution in [0, 0.1) is 0 Å². The molecule has 0 amide bonds. The molecule has 0 radical (unpaired) electrons. The van der Waals surface area contributed by atoms with Crippen LogP contribution in [0.1, 0.15) is 36.4 Å². The van der Waals surface area contributed by atoms with Crippen LogP contribution in [0.5, 0.6) is 0 Å². The van der Waals surface area contributed by atoms with Gasteiger partial charge in [-0.25, -0.2) is 4.98 Å². The Morgan fingerprint density at radius 1 is 1.19 bits per heavy atom. The number of rotatable bonds is 6. The van der Waals surface area contributed by atoms with Crippen molar-refractivity contribution >= 4 is 5.82 Å². The van der Waals surface area contributed by atoms with E-state index < -0.39 is 0 Å². The van der Waals surface area contributed by atoms with Gasteiger partial charge in [0.1, 0.15) is 5.82 Å². The maximum absolute atomic E-state index is 5.87. The molecule has 1 aromatic carbocycles. The highest BCUT2D eigenvalue weighted by molar-refractivity contribution is 5.67. The molecule has 3 N–H and O–H groups in total. The normalized spacial score (nSPS) is 17.9. The van der Waals surface area contributed by atoms with E-state index in [9.17, 15) is 0 Å². The van der Waals surface area contributed by atoms with Crippen LogP contribution in [0.4, 0.5) is 5.82 Å². The summed E-state index contributed by atoms with van der Waals surface area (Å²) in [5.74, 6) is 1.04. The second-order valence-electron chi connectivity index (χ2n) is 7.40. The first kappa shape index (κ1) is 17.7. The van der Waals surface area contributed by atoms with Gasteiger partial charge in [-0.3, -0.25) is 5.10 Å². The molecule has 3 aromatic rings. The first-order valence-electron chi connectivity index (χ1n) is 9.81. The number of pyridine rings is 1. The van der Waals surface area contributed by atoms with Crippen molar-refractivity contribution in [1.29, 1.82) is 0 Å². The number of hydrogen-bond acceptors (Lipinski definition) is 4. The predicted molar refractivity (Wildman–Crippen MR) is 109 cm³/mol. The molecule has 1 fully saturated rings. The van der Waals surface area contributed by atoms with Gasteiger partial charge in [0.25, 0.3) is 0 Å². The van der Waals surface area contributed by atoms with Crippen molar-refractivity contribution in [3.05, 3.63) is 66.1 Å². The fourth-order valence-corrected chi connectivity index (χ4v) is 4.10. The van der Waals surface area contributed by atoms with E-state index in [1.807, 2.05) is 18.3 Å². The van der Waals surface area contributed by atoms with Crippen molar-refractivity contribution in [2.24, 2.45) is 0 Å². The molecule has 5 nitrogen and oxygen atoms in total. The van der Waals surface area contributed by atoms with Crippen LogP contribution < -0.4 is 5.73 Å². The number of hydrogen-bond donors (Lipinski definition) is 2. The molecule has 1 aliphatic heterocycles. The Bertz CT molecular complexity index is 858. The molecule has 1 aliphatic rings. The molecule has 5 heteroatoms. The average molecular weight is 361 g/mol. The Labute approximate surface area is 160 Å². The highest BCUT2D eigenvalue weighted by atomic mass is 15.1. The third-order valence-electron chi connectivity index (χ3n) is 5.46. The lowest BCUT2D eigenvalue weighted by atomic mass is 9.90. The molecule has 0 aliphatic carbocycles. The number of anilines is 1. The number of aromatic amines is 1. The van der Waals surface area contributed by atoms with Crippen LogP contribution >= 0.6 is 0 Å². The fourth-order valence-electron chi connectivity index (χ4n) is 4.10. The van der Waals surface area contributed by atoms with E-state index in [-0.39, 0.29) is 0 Å². The molecule has 4 rings (SSSR count). The second-order valence-corrected chi connectivity index (χ2v) is 7.40. The molecular weight excluding hydrogens is 334 g/mol. The first-order valence-corrected chi connectivity index (χ1v) is 9.81. The molecule has 3 heterocycles. The lowest BCUT2D eigenvalue weighted by Crippen LogP contribution is -2.35. The summed E-state index contributed by atoms with van der Waals surface area (Å²) in [6.45, 7) is 3.43. The van der Waals surface area contributed by atoms with Crippen molar-refractivity contribution < 1.29 is 0 Å². The van der Waals surface area contributed by atoms with Crippen LogP contribution in [0.3, 0.4) is 0 Å². The molecule has 0 saturated carbocycles. The highest BCUT2D eigenvalue weighted by Gasteiger charge is 2.25. The van der Waals surface area contributed by atoms with Crippen LogP contribution in [0.25, 0.3) is 11.1 Å². The van der Waals surface area contributed by atoms with Gasteiger partial charge in [0.05, 0.1) is 6.20 Å². The smallest absolute Gasteiger partial charge is 0.123 e. The Morgan fingerprint density at radius 2 is 2.07 bits per heavy atom. The van der Waals surface area contributed by atoms with Gasteiger partial charge in [-0.1, -0.05) is 30.3 Å². The zero-order valence-electron chi connectivity index (χ0n) is 15.6. The van der Waals surface area contributed by atoms with Crippen molar-refractivity contribution in [1.82, 2.24) is 20.1 Å². The van der Waals surface area contributed by atoms with Gasteiger partial charge in [0.15, 0.2) is 0 Å². The summed E-state index contributed by atoms with van der Waals surface area (Å²) < 4.78 is 0. The lowest BCUT2D eigenvalue weighted by molar-refractivity contribution is 0.204. The Morgan fingerprint density at radius 3 is 2.93 bits per heavy atom. The maximum atomic E-state index is 5.87. The summed E-state index contributed by atoms with van der Waals surface area (Å²) in [4.78, 5) is 6.70. The number of H-pyrrole nitrogens is 1. The summed E-state index contributed by atoms with van der Waals surface area (Å²) in [5.41, 5.74) is 10.8. The number of likely N-dealkylation sites (tertiary alicyclic amines) is 1. The van der Waals surface area contributed by atoms with Crippen molar-refractivity contribution in [3.63, 3.8) is 0 Å². The third-order valence-corrected chi connectivity index (χ3v) is 5.46. The summed E-state index contributed by atoms with van der Waals surface area (Å²) in [6.07, 6.45) is 8.45. The van der Waals surface area contributed by atoms with Gasteiger partial charge in [-0.2, -0.15) is 5.10 Å². The van der Waals surface area contributed by atoms with Crippen molar-refractivity contribution in [2.45, 2.75) is 31.6 Å². The van der Waals surface area contributed by atoms with E-state index in [2.05, 4.69) is 50.4 Å². The minimum absolute atomic E-state index is 0.488. The number of nitrogens with two attached hydrogens (primary N) is 1. The minimum Gasteiger partial charge on any atom is -0.384 e. The number of aryl methyl sites for hydroxylation is 1. The standard InChI is InChI=1S/C22H27N5/c23-21-14-18(10-11-24-21)20-15-25-26-22(20)19-9-5-13-27(16-19)12-4-8-17-6-2-1-3-7-17/h1-3,6-7,10-11,14-15,19H,4-5,8-9,12-13,16H2,(H2,23,24)(H,25,26)/t19-/m1/s1. The number of benzene rings is 1. The molecule has 27 heavy (non-hydrogen) atoms. The van der Waals surface area contributed by atoms with Crippen LogP contribution in [0.2, 0.25) is 0 Å². The van der Waals surface area contributed by atoms with E-state index in [1.54, 1.807) is 6.20 Å². The van der Waals surface area contributed by atoms with E-state index in [0.717, 1.165) is 30.6 Å². The molecule has 140 valence electrons. The number of aromatic nitrogens is 3. The van der Waals surface area contributed by atoms with Gasteiger partial charge in [0, 0.05) is 29.9 Å². The Balaban J connectivity index is 1.39. The summed E-state index contributed by atoms with van der Waals surface area (Å²) in [5, 5.41) is 7.58. The van der Waals surface area contributed by atoms with Gasteiger partial charge >= 0.3 is 0 Å². The molecule has 0 spiro atoms. The maximum Gasteiger partial charge on any atom is 0.123 e. The number of nitrogens with zero attached hydrogens (tertiary/aromatic N) is 3. The van der Waals surface area contributed by atoms with Crippen molar-refractivity contribution in [3.8, 4) is 11.1 Å². The predicted octanol–water partition coefficient (Wildman–Crippen LogP) is 3.87. The molecule has 2 aromatic heterocycles. The summed E-state index contributed by atoms with van der Waals surface area (Å²) in [7, 11) is 0. The quantitative estimate of drug-likeness (QED) is 0.699. The van der Waals surface area contributed by atoms with Crippen molar-refractivity contribution in [2.75, 3.05) is 25.4 Å². The lowest BCUT2D eigenvalue weighted by Gasteiger charge is -2.32. The summed E-state index contributed by atoms with van der Waals surface area (Å²) >= 11 is 0. The van der Waals surface area contributed by atoms with Gasteiger partial charge < -0.3 is 10.6 Å². The Kier molecular flexibility index (Phi) is 5.49. The van der Waals surface area contributed by atoms with Crippen LogP contribution in [0.15, 0.2) is 54.9 Å². The van der Waals surface area contributed by atoms with Crippen LogP contribution in [-0.2, 0) is 6.42 Å². The number of nitrogen functional groups attached to an aromatic ring is 1. The average Bonchev–Trinajstić information content (AvgIpc) is 3.19. The molecular formula is C22H27N5. The topological polar surface area (TPSA) is 70.8 Å². The first-order chi connectivity index (χ1) is 13.3. The van der Waals surface area contributed by atoms with E-state index in [4.69, 9.17) is 5.73 Å². The van der Waals surface area contributed by atoms with Gasteiger partial charge in [0.2, 0.25) is 0 Å². The zero-order valence-corrected chi connectivity index (χ0v) is 15.6. The fraction of sp³-hybridized carbons (Fsp3) is 0.364. The SMILES string of the molecule is Nc1cc(-c2cn[nH]c2[C@@H]2CCCN(CCCc3ccccc3)C2)ccn1. The third kappa shape index (κ3) is 4.37. The van der Waals surface area contributed by atoms with Gasteiger partial charge in [-0.05, 0) is 62.0 Å². The van der Waals surface area contributed by atoms with Crippen LogP contribution in [-0.4, -0.2) is 39.7 Å². The van der Waals surface area contributed by atoms with Gasteiger partial charge in [-0.15, -0.1) is 0 Å². The molecule has 0 bridgehead atoms. The van der Waals surface area contributed by atoms with E-state index in [1.165, 1.54) is 37.1 Å². The largest absolute Gasteiger partial charge is 0.384 e. The zero-order chi connectivity index (χ0) is 18.5. The molecule has 0 unspecified atom stereocenters. The second kappa shape index (κ2) is 8.35. The minimum atomic E-state index is 0.488. The molecule has 1 atom stereocenters. The number of nitrogens with one attached hydrogen (secondary N) is 1. The monoisotopic (exact) mass is 361 g/mol. The van der Waals surface area contributed by atoms with E-state index >= 15 is 0 Å².